The minimum absolute atomic E-state index is 0.0312. The van der Waals surface area contributed by atoms with E-state index in [2.05, 4.69) is 22.4 Å². The zero-order valence-corrected chi connectivity index (χ0v) is 16.8. The van der Waals surface area contributed by atoms with E-state index in [1.807, 2.05) is 23.1 Å². The minimum atomic E-state index is -0.0312. The molecule has 28 heavy (non-hydrogen) atoms. The van der Waals surface area contributed by atoms with Gasteiger partial charge in [0.1, 0.15) is 5.82 Å². The van der Waals surface area contributed by atoms with Crippen molar-refractivity contribution in [2.45, 2.75) is 26.2 Å². The average molecular weight is 384 g/mol. The van der Waals surface area contributed by atoms with Crippen molar-refractivity contribution in [2.24, 2.45) is 5.92 Å². The Labute approximate surface area is 166 Å². The second-order valence-corrected chi connectivity index (χ2v) is 7.14. The van der Waals surface area contributed by atoms with E-state index in [0.29, 0.717) is 29.7 Å². The predicted octanol–water partition coefficient (Wildman–Crippen LogP) is 3.02. The van der Waals surface area contributed by atoms with Crippen LogP contribution in [0.5, 0.6) is 11.5 Å². The van der Waals surface area contributed by atoms with Gasteiger partial charge < -0.3 is 19.7 Å². The topological polar surface area (TPSA) is 76.6 Å². The van der Waals surface area contributed by atoms with E-state index >= 15 is 0 Å². The van der Waals surface area contributed by atoms with Crippen LogP contribution in [0.25, 0.3) is 0 Å². The smallest absolute Gasteiger partial charge is 0.274 e. The molecule has 2 aromatic rings. The Hall–Kier alpha value is -2.83. The molecule has 1 amide bonds. The molecular formula is C21H28N4O3. The van der Waals surface area contributed by atoms with Crippen LogP contribution in [0, 0.1) is 5.92 Å². The van der Waals surface area contributed by atoms with Crippen molar-refractivity contribution in [3.8, 4) is 11.5 Å². The number of aromatic nitrogens is 2. The van der Waals surface area contributed by atoms with Crippen molar-refractivity contribution in [2.75, 3.05) is 39.2 Å². The van der Waals surface area contributed by atoms with Crippen LogP contribution in [0.15, 0.2) is 30.3 Å². The number of hydrogen-bond donors (Lipinski definition) is 1. The molecule has 0 unspecified atom stereocenters. The third-order valence-electron chi connectivity index (χ3n) is 5.12. The van der Waals surface area contributed by atoms with Crippen molar-refractivity contribution in [3.05, 3.63) is 41.6 Å². The Bertz CT molecular complexity index is 787. The van der Waals surface area contributed by atoms with Gasteiger partial charge in [0, 0.05) is 19.6 Å². The molecule has 0 bridgehead atoms. The molecule has 0 spiro atoms. The number of ether oxygens (including phenoxy) is 2. The van der Waals surface area contributed by atoms with Gasteiger partial charge in [-0.1, -0.05) is 13.0 Å². The molecule has 1 aromatic carbocycles. The van der Waals surface area contributed by atoms with E-state index < -0.39 is 0 Å². The molecule has 1 aliphatic heterocycles. The molecule has 2 heterocycles. The molecule has 0 saturated carbocycles. The number of carbonyl (C=O) groups is 1. The summed E-state index contributed by atoms with van der Waals surface area (Å²) in [6.45, 7) is 4.52. The average Bonchev–Trinajstić information content (AvgIpc) is 2.74. The molecule has 1 N–H and O–H groups in total. The maximum absolute atomic E-state index is 12.5. The van der Waals surface area contributed by atoms with Crippen LogP contribution in [0.1, 0.15) is 35.8 Å². The van der Waals surface area contributed by atoms with E-state index in [0.717, 1.165) is 43.7 Å². The molecule has 0 aliphatic carbocycles. The zero-order valence-electron chi connectivity index (χ0n) is 16.8. The van der Waals surface area contributed by atoms with E-state index in [1.165, 1.54) is 0 Å². The van der Waals surface area contributed by atoms with Gasteiger partial charge in [0.05, 0.1) is 14.2 Å². The van der Waals surface area contributed by atoms with Gasteiger partial charge in [-0.15, -0.1) is 10.2 Å². The number of amides is 1. The minimum Gasteiger partial charge on any atom is -0.493 e. The second kappa shape index (κ2) is 9.39. The number of likely N-dealkylation sites (tertiary alicyclic amines) is 1. The van der Waals surface area contributed by atoms with Crippen LogP contribution >= 0.6 is 0 Å². The molecular weight excluding hydrogens is 356 g/mol. The molecule has 1 fully saturated rings. The molecule has 7 nitrogen and oxygen atoms in total. The lowest BCUT2D eigenvalue weighted by molar-refractivity contribution is 0.0690. The fourth-order valence-corrected chi connectivity index (χ4v) is 3.29. The number of methoxy groups -OCH3 is 2. The fourth-order valence-electron chi connectivity index (χ4n) is 3.29. The lowest BCUT2D eigenvalue weighted by Crippen LogP contribution is -2.38. The Kier molecular flexibility index (Phi) is 6.68. The molecule has 0 radical (unpaired) electrons. The number of benzene rings is 1. The van der Waals surface area contributed by atoms with E-state index in [1.54, 1.807) is 26.4 Å². The fraction of sp³-hybridized carbons (Fsp3) is 0.476. The van der Waals surface area contributed by atoms with Crippen LogP contribution in [-0.4, -0.2) is 54.9 Å². The summed E-state index contributed by atoms with van der Waals surface area (Å²) in [6, 6.07) is 9.42. The molecule has 7 heteroatoms. The highest BCUT2D eigenvalue weighted by Crippen LogP contribution is 2.27. The summed E-state index contributed by atoms with van der Waals surface area (Å²) in [4.78, 5) is 14.4. The molecule has 0 atom stereocenters. The second-order valence-electron chi connectivity index (χ2n) is 7.14. The van der Waals surface area contributed by atoms with Gasteiger partial charge in [0.15, 0.2) is 17.2 Å². The number of carbonyl (C=O) groups excluding carboxylic acids is 1. The molecule has 1 saturated heterocycles. The van der Waals surface area contributed by atoms with Crippen LogP contribution in [0.4, 0.5) is 5.82 Å². The van der Waals surface area contributed by atoms with Crippen LogP contribution in [-0.2, 0) is 6.42 Å². The van der Waals surface area contributed by atoms with Crippen LogP contribution in [0.3, 0.4) is 0 Å². The number of hydrogen-bond acceptors (Lipinski definition) is 6. The highest BCUT2D eigenvalue weighted by Gasteiger charge is 2.22. The Balaban J connectivity index is 1.51. The van der Waals surface area contributed by atoms with Crippen molar-refractivity contribution in [1.82, 2.24) is 15.1 Å². The first kappa shape index (κ1) is 19.9. The summed E-state index contributed by atoms with van der Waals surface area (Å²) in [5, 5.41) is 11.5. The number of nitrogens with one attached hydrogen (secondary N) is 1. The third-order valence-corrected chi connectivity index (χ3v) is 5.12. The van der Waals surface area contributed by atoms with E-state index in [-0.39, 0.29) is 5.91 Å². The van der Waals surface area contributed by atoms with E-state index in [4.69, 9.17) is 9.47 Å². The van der Waals surface area contributed by atoms with Gasteiger partial charge in [0.25, 0.3) is 5.91 Å². The molecule has 3 rings (SSSR count). The number of rotatable bonds is 7. The van der Waals surface area contributed by atoms with Gasteiger partial charge in [0.2, 0.25) is 0 Å². The highest BCUT2D eigenvalue weighted by molar-refractivity contribution is 5.92. The van der Waals surface area contributed by atoms with Crippen molar-refractivity contribution in [1.29, 1.82) is 0 Å². The van der Waals surface area contributed by atoms with Gasteiger partial charge >= 0.3 is 0 Å². The first-order valence-corrected chi connectivity index (χ1v) is 9.68. The summed E-state index contributed by atoms with van der Waals surface area (Å²) < 4.78 is 10.6. The SMILES string of the molecule is COc1ccc(CCNc2ccc(C(=O)N3CCC(C)CC3)nn2)cc1OC. The van der Waals surface area contributed by atoms with Crippen molar-refractivity contribution >= 4 is 11.7 Å². The number of nitrogens with zero attached hydrogens (tertiary/aromatic N) is 3. The normalized spacial score (nSPS) is 14.6. The third kappa shape index (κ3) is 4.91. The number of anilines is 1. The highest BCUT2D eigenvalue weighted by atomic mass is 16.5. The molecule has 1 aliphatic rings. The van der Waals surface area contributed by atoms with Gasteiger partial charge in [-0.3, -0.25) is 4.79 Å². The molecule has 1 aromatic heterocycles. The summed E-state index contributed by atoms with van der Waals surface area (Å²) in [6.07, 6.45) is 2.90. The van der Waals surface area contributed by atoms with Crippen LogP contribution < -0.4 is 14.8 Å². The van der Waals surface area contributed by atoms with Gasteiger partial charge in [-0.2, -0.15) is 0 Å². The Morgan fingerprint density at radius 2 is 1.86 bits per heavy atom. The summed E-state index contributed by atoms with van der Waals surface area (Å²) in [5.74, 6) is 2.75. The molecule has 150 valence electrons. The number of piperidine rings is 1. The lowest BCUT2D eigenvalue weighted by Gasteiger charge is -2.29. The standard InChI is InChI=1S/C21H28N4O3/c1-15-9-12-25(13-10-15)21(26)17-5-7-20(24-23-17)22-11-8-16-4-6-18(27-2)19(14-16)28-3/h4-7,14-15H,8-13H2,1-3H3,(H,22,24). The maximum Gasteiger partial charge on any atom is 0.274 e. The van der Waals surface area contributed by atoms with E-state index in [9.17, 15) is 4.79 Å². The lowest BCUT2D eigenvalue weighted by atomic mass is 9.99. The van der Waals surface area contributed by atoms with Gasteiger partial charge in [-0.05, 0) is 55.0 Å². The monoisotopic (exact) mass is 384 g/mol. The van der Waals surface area contributed by atoms with Crippen molar-refractivity contribution in [3.63, 3.8) is 0 Å². The summed E-state index contributed by atoms with van der Waals surface area (Å²) in [5.41, 5.74) is 1.53. The zero-order chi connectivity index (χ0) is 19.9. The maximum atomic E-state index is 12.5. The van der Waals surface area contributed by atoms with Crippen LogP contribution in [0.2, 0.25) is 0 Å². The van der Waals surface area contributed by atoms with Crippen molar-refractivity contribution < 1.29 is 14.3 Å². The quantitative estimate of drug-likeness (QED) is 0.791. The largest absolute Gasteiger partial charge is 0.493 e. The Morgan fingerprint density at radius 3 is 2.50 bits per heavy atom. The van der Waals surface area contributed by atoms with Gasteiger partial charge in [-0.25, -0.2) is 0 Å². The Morgan fingerprint density at radius 1 is 1.11 bits per heavy atom. The predicted molar refractivity (Wildman–Crippen MR) is 108 cm³/mol. The first-order valence-electron chi connectivity index (χ1n) is 9.68. The summed E-state index contributed by atoms with van der Waals surface area (Å²) in [7, 11) is 3.25. The first-order chi connectivity index (χ1) is 13.6. The summed E-state index contributed by atoms with van der Waals surface area (Å²) >= 11 is 0.